The van der Waals surface area contributed by atoms with Crippen molar-refractivity contribution in [3.63, 3.8) is 0 Å². The lowest BCUT2D eigenvalue weighted by atomic mass is 10.0. The second-order valence-corrected chi connectivity index (χ2v) is 6.83. The van der Waals surface area contributed by atoms with Gasteiger partial charge in [-0.15, -0.1) is 0 Å². The second kappa shape index (κ2) is 4.76. The van der Waals surface area contributed by atoms with Gasteiger partial charge in [0.05, 0.1) is 0 Å². The van der Waals surface area contributed by atoms with Gasteiger partial charge in [0, 0.05) is 17.8 Å². The third-order valence-corrected chi connectivity index (χ3v) is 5.31. The summed E-state index contributed by atoms with van der Waals surface area (Å²) in [5.74, 6) is 0.859. The SMILES string of the molecule is CCc1cc(C(=O)NCC2C(C)(C)C2(C)C)cc(N)n1. The van der Waals surface area contributed by atoms with Crippen LogP contribution in [0.4, 0.5) is 5.82 Å². The number of carbonyl (C=O) groups is 1. The Bertz CT molecular complexity index is 521. The van der Waals surface area contributed by atoms with Crippen LogP contribution in [0.25, 0.3) is 0 Å². The minimum Gasteiger partial charge on any atom is -0.384 e. The van der Waals surface area contributed by atoms with Crippen LogP contribution in [0.2, 0.25) is 0 Å². The van der Waals surface area contributed by atoms with Crippen molar-refractivity contribution in [1.82, 2.24) is 10.3 Å². The maximum Gasteiger partial charge on any atom is 0.251 e. The Labute approximate surface area is 121 Å². The third kappa shape index (κ3) is 2.39. The Kier molecular flexibility index (Phi) is 3.53. The average Bonchev–Trinajstić information content (AvgIpc) is 2.76. The highest BCUT2D eigenvalue weighted by Gasteiger charge is 2.64. The van der Waals surface area contributed by atoms with Crippen molar-refractivity contribution in [2.45, 2.75) is 41.0 Å². The van der Waals surface area contributed by atoms with Gasteiger partial charge in [-0.05, 0) is 35.3 Å². The fourth-order valence-corrected chi connectivity index (χ4v) is 3.06. The van der Waals surface area contributed by atoms with Gasteiger partial charge >= 0.3 is 0 Å². The first-order valence-corrected chi connectivity index (χ1v) is 7.24. The molecule has 1 saturated carbocycles. The zero-order valence-corrected chi connectivity index (χ0v) is 13.1. The van der Waals surface area contributed by atoms with E-state index in [-0.39, 0.29) is 16.7 Å². The number of rotatable bonds is 4. The van der Waals surface area contributed by atoms with Crippen LogP contribution in [0.3, 0.4) is 0 Å². The van der Waals surface area contributed by atoms with E-state index in [1.165, 1.54) is 0 Å². The normalized spacial score (nSPS) is 19.6. The molecule has 0 unspecified atom stereocenters. The smallest absolute Gasteiger partial charge is 0.251 e. The number of nitrogens with one attached hydrogen (secondary N) is 1. The van der Waals surface area contributed by atoms with Crippen molar-refractivity contribution in [2.24, 2.45) is 16.7 Å². The monoisotopic (exact) mass is 275 g/mol. The fourth-order valence-electron chi connectivity index (χ4n) is 3.06. The van der Waals surface area contributed by atoms with Crippen LogP contribution in [-0.4, -0.2) is 17.4 Å². The summed E-state index contributed by atoms with van der Waals surface area (Å²) < 4.78 is 0. The lowest BCUT2D eigenvalue weighted by molar-refractivity contribution is 0.0949. The van der Waals surface area contributed by atoms with Gasteiger partial charge in [0.25, 0.3) is 5.91 Å². The van der Waals surface area contributed by atoms with Crippen molar-refractivity contribution < 1.29 is 4.79 Å². The van der Waals surface area contributed by atoms with Crippen molar-refractivity contribution in [3.8, 4) is 0 Å². The number of pyridine rings is 1. The van der Waals surface area contributed by atoms with Crippen molar-refractivity contribution >= 4 is 11.7 Å². The fraction of sp³-hybridized carbons (Fsp3) is 0.625. The van der Waals surface area contributed by atoms with E-state index in [1.807, 2.05) is 13.0 Å². The molecule has 2 rings (SSSR count). The average molecular weight is 275 g/mol. The van der Waals surface area contributed by atoms with Crippen molar-refractivity contribution in [2.75, 3.05) is 12.3 Å². The van der Waals surface area contributed by atoms with E-state index in [0.717, 1.165) is 12.1 Å². The molecule has 1 aromatic rings. The Morgan fingerprint density at radius 1 is 1.30 bits per heavy atom. The van der Waals surface area contributed by atoms with Crippen LogP contribution in [0.1, 0.15) is 50.7 Å². The summed E-state index contributed by atoms with van der Waals surface area (Å²) in [7, 11) is 0. The van der Waals surface area contributed by atoms with E-state index in [1.54, 1.807) is 6.07 Å². The highest BCUT2D eigenvalue weighted by atomic mass is 16.1. The molecular weight excluding hydrogens is 250 g/mol. The van der Waals surface area contributed by atoms with Gasteiger partial charge in [0.2, 0.25) is 0 Å². The highest BCUT2D eigenvalue weighted by Crippen LogP contribution is 2.67. The molecule has 110 valence electrons. The molecule has 0 spiro atoms. The summed E-state index contributed by atoms with van der Waals surface area (Å²) in [4.78, 5) is 16.4. The minimum absolute atomic E-state index is 0.0627. The lowest BCUT2D eigenvalue weighted by Gasteiger charge is -2.08. The number of nitrogen functional groups attached to an aromatic ring is 1. The predicted molar refractivity (Wildman–Crippen MR) is 81.4 cm³/mol. The quantitative estimate of drug-likeness (QED) is 0.887. The van der Waals surface area contributed by atoms with Crippen LogP contribution < -0.4 is 11.1 Å². The molecule has 0 bridgehead atoms. The van der Waals surface area contributed by atoms with Gasteiger partial charge < -0.3 is 11.1 Å². The molecular formula is C16H25N3O. The van der Waals surface area contributed by atoms with Crippen LogP contribution in [-0.2, 0) is 6.42 Å². The number of hydrogen-bond acceptors (Lipinski definition) is 3. The Hall–Kier alpha value is -1.58. The van der Waals surface area contributed by atoms with Gasteiger partial charge in [-0.2, -0.15) is 0 Å². The number of hydrogen-bond donors (Lipinski definition) is 2. The molecule has 0 aromatic carbocycles. The van der Waals surface area contributed by atoms with Gasteiger partial charge in [-0.25, -0.2) is 4.98 Å². The molecule has 0 aliphatic heterocycles. The Balaban J connectivity index is 2.02. The van der Waals surface area contributed by atoms with Crippen LogP contribution >= 0.6 is 0 Å². The molecule has 3 N–H and O–H groups in total. The molecule has 4 heteroatoms. The number of anilines is 1. The van der Waals surface area contributed by atoms with E-state index in [9.17, 15) is 4.79 Å². The van der Waals surface area contributed by atoms with Crippen LogP contribution in [0, 0.1) is 16.7 Å². The summed E-state index contributed by atoms with van der Waals surface area (Å²) >= 11 is 0. The van der Waals surface area contributed by atoms with E-state index in [2.05, 4.69) is 38.0 Å². The molecule has 1 heterocycles. The molecule has 1 aliphatic carbocycles. The summed E-state index contributed by atoms with van der Waals surface area (Å²) in [6, 6.07) is 3.45. The molecule has 4 nitrogen and oxygen atoms in total. The zero-order valence-electron chi connectivity index (χ0n) is 13.1. The molecule has 0 radical (unpaired) electrons. The van der Waals surface area contributed by atoms with Gasteiger partial charge in [-0.1, -0.05) is 34.6 Å². The maximum atomic E-state index is 12.2. The molecule has 0 saturated heterocycles. The Morgan fingerprint density at radius 3 is 2.40 bits per heavy atom. The number of nitrogens with two attached hydrogens (primary N) is 1. The maximum absolute atomic E-state index is 12.2. The van der Waals surface area contributed by atoms with Crippen LogP contribution in [0.15, 0.2) is 12.1 Å². The van der Waals surface area contributed by atoms with E-state index >= 15 is 0 Å². The molecule has 1 aromatic heterocycles. The minimum atomic E-state index is -0.0627. The predicted octanol–water partition coefficient (Wildman–Crippen LogP) is 2.64. The van der Waals surface area contributed by atoms with Crippen molar-refractivity contribution in [3.05, 3.63) is 23.4 Å². The first-order valence-electron chi connectivity index (χ1n) is 7.24. The first-order chi connectivity index (χ1) is 9.20. The van der Waals surface area contributed by atoms with Gasteiger partial charge in [0.15, 0.2) is 0 Å². The summed E-state index contributed by atoms with van der Waals surface area (Å²) in [5.41, 5.74) is 7.76. The van der Waals surface area contributed by atoms with E-state index in [4.69, 9.17) is 5.73 Å². The number of nitrogens with zero attached hydrogens (tertiary/aromatic N) is 1. The van der Waals surface area contributed by atoms with Crippen LogP contribution in [0.5, 0.6) is 0 Å². The summed E-state index contributed by atoms with van der Waals surface area (Å²) in [5, 5.41) is 3.03. The number of carbonyl (C=O) groups excluding carboxylic acids is 1. The molecule has 1 aliphatic rings. The highest BCUT2D eigenvalue weighted by molar-refractivity contribution is 5.94. The van der Waals surface area contributed by atoms with Crippen molar-refractivity contribution in [1.29, 1.82) is 0 Å². The lowest BCUT2D eigenvalue weighted by Crippen LogP contribution is -2.27. The standard InChI is InChI=1S/C16H25N3O/c1-6-11-7-10(8-13(17)19-11)14(20)18-9-12-15(2,3)16(12,4)5/h7-8,12H,6,9H2,1-5H3,(H2,17,19)(H,18,20). The summed E-state index contributed by atoms with van der Waals surface area (Å²) in [6.45, 7) is 11.7. The summed E-state index contributed by atoms with van der Waals surface area (Å²) in [6.07, 6.45) is 0.772. The Morgan fingerprint density at radius 2 is 1.90 bits per heavy atom. The van der Waals surface area contributed by atoms with Gasteiger partial charge in [-0.3, -0.25) is 4.79 Å². The molecule has 1 amide bonds. The molecule has 0 atom stereocenters. The third-order valence-electron chi connectivity index (χ3n) is 5.31. The van der Waals surface area contributed by atoms with E-state index in [0.29, 0.717) is 23.8 Å². The topological polar surface area (TPSA) is 68.0 Å². The zero-order chi connectivity index (χ0) is 15.1. The number of amides is 1. The first kappa shape index (κ1) is 14.8. The molecule has 20 heavy (non-hydrogen) atoms. The number of aromatic nitrogens is 1. The number of aryl methyl sites for hydroxylation is 1. The second-order valence-electron chi connectivity index (χ2n) is 6.83. The van der Waals surface area contributed by atoms with Gasteiger partial charge in [0.1, 0.15) is 5.82 Å². The molecule has 1 fully saturated rings. The largest absolute Gasteiger partial charge is 0.384 e. The van der Waals surface area contributed by atoms with E-state index < -0.39 is 0 Å².